The Balaban J connectivity index is 1.65. The summed E-state index contributed by atoms with van der Waals surface area (Å²) in [4.78, 5) is 25.7. The van der Waals surface area contributed by atoms with E-state index >= 15 is 0 Å². The third kappa shape index (κ3) is 6.45. The van der Waals surface area contributed by atoms with Crippen LogP contribution in [0.2, 0.25) is 0 Å². The second-order valence-electron chi connectivity index (χ2n) is 9.09. The number of amides is 1. The quantitative estimate of drug-likeness (QED) is 0.300. The number of ether oxygens (including phenoxy) is 1. The lowest BCUT2D eigenvalue weighted by atomic mass is 9.94. The fourth-order valence-corrected chi connectivity index (χ4v) is 5.96. The first-order valence-electron chi connectivity index (χ1n) is 12.2. The zero-order chi connectivity index (χ0) is 24.7. The normalized spacial score (nSPS) is 19.1. The van der Waals surface area contributed by atoms with Crippen molar-refractivity contribution in [2.75, 3.05) is 44.3 Å². The molecule has 2 fully saturated rings. The highest BCUT2D eigenvalue weighted by atomic mass is 32.2. The topological polar surface area (TPSA) is 122 Å². The van der Waals surface area contributed by atoms with Gasteiger partial charge in [0.25, 0.3) is 5.69 Å². The van der Waals surface area contributed by atoms with Crippen molar-refractivity contribution in [1.29, 1.82) is 0 Å². The molecule has 2 aliphatic heterocycles. The fourth-order valence-electron chi connectivity index (χ4n) is 4.53. The number of nitro benzene ring substituents is 1. The van der Waals surface area contributed by atoms with Crippen LogP contribution in [0.25, 0.3) is 0 Å². The summed E-state index contributed by atoms with van der Waals surface area (Å²) in [5.41, 5.74) is 0.152. The summed E-state index contributed by atoms with van der Waals surface area (Å²) in [5.74, 6) is -0.0741. The minimum absolute atomic E-state index is 0.0464. The summed E-state index contributed by atoms with van der Waals surface area (Å²) in [5, 5.41) is 14.9. The van der Waals surface area contributed by atoms with Crippen LogP contribution in [0, 0.1) is 16.0 Å². The molecule has 11 heteroatoms. The maximum atomic E-state index is 12.9. The molecule has 1 amide bonds. The van der Waals surface area contributed by atoms with Gasteiger partial charge in [-0.15, -0.1) is 0 Å². The van der Waals surface area contributed by atoms with Gasteiger partial charge in [-0.05, 0) is 38.3 Å². The van der Waals surface area contributed by atoms with Gasteiger partial charge in [0.15, 0.2) is 0 Å². The van der Waals surface area contributed by atoms with Crippen LogP contribution in [-0.4, -0.2) is 69.0 Å². The van der Waals surface area contributed by atoms with Crippen molar-refractivity contribution in [2.24, 2.45) is 5.92 Å². The van der Waals surface area contributed by atoms with E-state index in [4.69, 9.17) is 4.74 Å². The Morgan fingerprint density at radius 2 is 1.88 bits per heavy atom. The molecule has 0 aliphatic carbocycles. The number of rotatable bonds is 10. The highest BCUT2D eigenvalue weighted by molar-refractivity contribution is 7.89. The number of sulfonamides is 1. The largest absolute Gasteiger partial charge is 0.379 e. The number of morpholine rings is 1. The highest BCUT2D eigenvalue weighted by Gasteiger charge is 2.32. The summed E-state index contributed by atoms with van der Waals surface area (Å²) < 4.78 is 32.4. The van der Waals surface area contributed by atoms with E-state index in [2.05, 4.69) is 12.2 Å². The average Bonchev–Trinajstić information content (AvgIpc) is 2.84. The molecule has 1 unspecified atom stereocenters. The summed E-state index contributed by atoms with van der Waals surface area (Å²) in [6, 6.07) is 4.24. The Bertz CT molecular complexity index is 956. The molecule has 190 valence electrons. The molecule has 0 saturated carbocycles. The van der Waals surface area contributed by atoms with Crippen molar-refractivity contribution < 1.29 is 22.9 Å². The van der Waals surface area contributed by atoms with Crippen molar-refractivity contribution >= 4 is 27.3 Å². The first kappa shape index (κ1) is 26.4. The first-order valence-corrected chi connectivity index (χ1v) is 13.6. The Hall–Kier alpha value is -2.24. The zero-order valence-electron chi connectivity index (χ0n) is 20.1. The molecule has 0 radical (unpaired) electrons. The van der Waals surface area contributed by atoms with Crippen LogP contribution < -0.4 is 10.2 Å². The van der Waals surface area contributed by atoms with E-state index in [1.807, 2.05) is 11.8 Å². The number of unbranched alkanes of at least 4 members (excludes halogenated alkanes) is 2. The number of piperidine rings is 1. The van der Waals surface area contributed by atoms with Crippen molar-refractivity contribution in [1.82, 2.24) is 9.62 Å². The lowest BCUT2D eigenvalue weighted by Crippen LogP contribution is -2.43. The maximum absolute atomic E-state index is 12.9. The number of hydrogen-bond acceptors (Lipinski definition) is 7. The summed E-state index contributed by atoms with van der Waals surface area (Å²) in [7, 11) is -3.83. The van der Waals surface area contributed by atoms with Gasteiger partial charge >= 0.3 is 0 Å². The number of carbonyl (C=O) groups is 1. The van der Waals surface area contributed by atoms with Crippen LogP contribution in [0.15, 0.2) is 23.1 Å². The lowest BCUT2D eigenvalue weighted by molar-refractivity contribution is -0.384. The second kappa shape index (κ2) is 11.9. The maximum Gasteiger partial charge on any atom is 0.293 e. The minimum Gasteiger partial charge on any atom is -0.379 e. The predicted molar refractivity (Wildman–Crippen MR) is 129 cm³/mol. The van der Waals surface area contributed by atoms with Gasteiger partial charge in [0, 0.05) is 44.2 Å². The molecule has 3 rings (SSSR count). The molecule has 1 N–H and O–H groups in total. The number of nitro groups is 1. The third-order valence-electron chi connectivity index (χ3n) is 6.59. The molecule has 1 aromatic rings. The summed E-state index contributed by atoms with van der Waals surface area (Å²) in [6.45, 7) is 6.24. The van der Waals surface area contributed by atoms with Crippen LogP contribution in [0.3, 0.4) is 0 Å². The molecular weight excluding hydrogens is 460 g/mol. The average molecular weight is 497 g/mol. The van der Waals surface area contributed by atoms with E-state index in [0.29, 0.717) is 44.8 Å². The molecule has 2 heterocycles. The Morgan fingerprint density at radius 3 is 2.50 bits per heavy atom. The molecule has 1 atom stereocenters. The standard InChI is InChI=1S/C23H36N4O6S/c1-3-4-5-6-18(2)24-23(28)19-9-11-25(12-10-19)21-8-7-20(17-22(21)27(29)30)34(31,32)26-13-15-33-16-14-26/h7-8,17-19H,3-6,9-16H2,1-2H3,(H,24,28). The van der Waals surface area contributed by atoms with E-state index in [1.54, 1.807) is 0 Å². The highest BCUT2D eigenvalue weighted by Crippen LogP contribution is 2.34. The van der Waals surface area contributed by atoms with Gasteiger partial charge in [-0.1, -0.05) is 26.2 Å². The third-order valence-corrected chi connectivity index (χ3v) is 8.48. The van der Waals surface area contributed by atoms with Crippen LogP contribution in [0.1, 0.15) is 52.4 Å². The van der Waals surface area contributed by atoms with Crippen molar-refractivity contribution in [3.8, 4) is 0 Å². The molecule has 0 spiro atoms. The summed E-state index contributed by atoms with van der Waals surface area (Å²) >= 11 is 0. The SMILES string of the molecule is CCCCCC(C)NC(=O)C1CCN(c2ccc(S(=O)(=O)N3CCOCC3)cc2[N+](=O)[O-])CC1. The lowest BCUT2D eigenvalue weighted by Gasteiger charge is -2.33. The Kier molecular flexibility index (Phi) is 9.26. The number of anilines is 1. The van der Waals surface area contributed by atoms with Crippen LogP contribution >= 0.6 is 0 Å². The fraction of sp³-hybridized carbons (Fsp3) is 0.696. The molecule has 0 bridgehead atoms. The van der Waals surface area contributed by atoms with Crippen molar-refractivity contribution in [2.45, 2.75) is 63.3 Å². The van der Waals surface area contributed by atoms with Gasteiger partial charge in [-0.25, -0.2) is 8.42 Å². The summed E-state index contributed by atoms with van der Waals surface area (Å²) in [6.07, 6.45) is 5.55. The molecule has 10 nitrogen and oxygen atoms in total. The first-order chi connectivity index (χ1) is 16.2. The molecule has 2 saturated heterocycles. The van der Waals surface area contributed by atoms with Crippen molar-refractivity contribution in [3.63, 3.8) is 0 Å². The van der Waals surface area contributed by atoms with E-state index in [9.17, 15) is 23.3 Å². The van der Waals surface area contributed by atoms with Gasteiger partial charge in [0.05, 0.1) is 23.0 Å². The van der Waals surface area contributed by atoms with Crippen molar-refractivity contribution in [3.05, 3.63) is 28.3 Å². The minimum atomic E-state index is -3.83. The second-order valence-corrected chi connectivity index (χ2v) is 11.0. The van der Waals surface area contributed by atoms with Crippen LogP contribution in [0.5, 0.6) is 0 Å². The number of nitrogens with zero attached hydrogens (tertiary/aromatic N) is 3. The molecular formula is C23H36N4O6S. The van der Waals surface area contributed by atoms with Gasteiger partial charge in [-0.2, -0.15) is 4.31 Å². The van der Waals surface area contributed by atoms with Crippen LogP contribution in [-0.2, 0) is 19.6 Å². The number of benzene rings is 1. The molecule has 1 aromatic carbocycles. The van der Waals surface area contributed by atoms with Gasteiger partial charge in [0.1, 0.15) is 5.69 Å². The van der Waals surface area contributed by atoms with Gasteiger partial charge in [0.2, 0.25) is 15.9 Å². The monoisotopic (exact) mass is 496 g/mol. The van der Waals surface area contributed by atoms with Gasteiger partial charge in [-0.3, -0.25) is 14.9 Å². The molecule has 2 aliphatic rings. The molecule has 34 heavy (non-hydrogen) atoms. The number of carbonyl (C=O) groups excluding carboxylic acids is 1. The van der Waals surface area contributed by atoms with E-state index in [1.165, 1.54) is 16.4 Å². The predicted octanol–water partition coefficient (Wildman–Crippen LogP) is 2.92. The van der Waals surface area contributed by atoms with E-state index in [-0.39, 0.29) is 41.5 Å². The molecule has 0 aromatic heterocycles. The van der Waals surface area contributed by atoms with E-state index in [0.717, 1.165) is 31.7 Å². The zero-order valence-corrected chi connectivity index (χ0v) is 20.9. The number of nitrogens with one attached hydrogen (secondary N) is 1. The Labute approximate surface area is 201 Å². The van der Waals surface area contributed by atoms with Gasteiger partial charge < -0.3 is 15.0 Å². The number of hydrogen-bond donors (Lipinski definition) is 1. The smallest absolute Gasteiger partial charge is 0.293 e. The van der Waals surface area contributed by atoms with E-state index < -0.39 is 14.9 Å². The Morgan fingerprint density at radius 1 is 1.21 bits per heavy atom. The van der Waals surface area contributed by atoms with Crippen LogP contribution in [0.4, 0.5) is 11.4 Å².